The molecule has 35 heavy (non-hydrogen) atoms. The Balaban J connectivity index is 1.51. The molecule has 2 aliphatic heterocycles. The number of rotatable bonds is 4. The van der Waals surface area contributed by atoms with Crippen molar-refractivity contribution in [3.8, 4) is 17.2 Å². The smallest absolute Gasteiger partial charge is 0.231 e. The van der Waals surface area contributed by atoms with Crippen molar-refractivity contribution < 1.29 is 9.47 Å². The van der Waals surface area contributed by atoms with Crippen LogP contribution in [0.5, 0.6) is 11.5 Å². The van der Waals surface area contributed by atoms with Gasteiger partial charge in [-0.05, 0) is 81.0 Å². The lowest BCUT2D eigenvalue weighted by Crippen LogP contribution is -2.29. The van der Waals surface area contributed by atoms with Crippen LogP contribution >= 0.6 is 12.2 Å². The number of fused-ring (bicyclic) bond motifs is 1. The molecule has 4 heterocycles. The van der Waals surface area contributed by atoms with Gasteiger partial charge in [-0.1, -0.05) is 23.8 Å². The Labute approximate surface area is 210 Å². The van der Waals surface area contributed by atoms with Crippen molar-refractivity contribution in [2.24, 2.45) is 0 Å². The molecule has 1 N–H and O–H groups in total. The summed E-state index contributed by atoms with van der Waals surface area (Å²) in [4.78, 5) is 6.86. The van der Waals surface area contributed by atoms with Gasteiger partial charge in [0.05, 0.1) is 17.8 Å². The Morgan fingerprint density at radius 1 is 0.914 bits per heavy atom. The SMILES string of the molecule is Cc1ccc(-n2c(C)cc([C@H]3[C@@H](c4ccccn4)NC(=S)N3c3ccc4c(c3)OCO4)c2C)cc1. The third-order valence-electron chi connectivity index (χ3n) is 6.81. The number of anilines is 1. The highest BCUT2D eigenvalue weighted by atomic mass is 32.1. The molecule has 0 bridgehead atoms. The van der Waals surface area contributed by atoms with Gasteiger partial charge in [-0.15, -0.1) is 0 Å². The van der Waals surface area contributed by atoms with Gasteiger partial charge in [0.1, 0.15) is 0 Å². The largest absolute Gasteiger partial charge is 0.454 e. The molecule has 2 atom stereocenters. The average molecular weight is 483 g/mol. The van der Waals surface area contributed by atoms with Gasteiger partial charge in [0, 0.05) is 35.0 Å². The number of benzene rings is 2. The normalized spacial score (nSPS) is 18.7. The van der Waals surface area contributed by atoms with Crippen molar-refractivity contribution in [3.63, 3.8) is 0 Å². The number of hydrogen-bond donors (Lipinski definition) is 1. The molecule has 4 aromatic rings. The average Bonchev–Trinajstić information content (AvgIpc) is 3.55. The number of hydrogen-bond acceptors (Lipinski definition) is 4. The van der Waals surface area contributed by atoms with Gasteiger partial charge < -0.3 is 24.3 Å². The van der Waals surface area contributed by atoms with Crippen LogP contribution in [0.15, 0.2) is 72.9 Å². The molecule has 2 aromatic carbocycles. The lowest BCUT2D eigenvalue weighted by molar-refractivity contribution is 0.174. The number of aryl methyl sites for hydroxylation is 2. The molecule has 0 amide bonds. The molecule has 0 radical (unpaired) electrons. The van der Waals surface area contributed by atoms with Crippen molar-refractivity contribution in [2.45, 2.75) is 32.9 Å². The predicted molar refractivity (Wildman–Crippen MR) is 140 cm³/mol. The van der Waals surface area contributed by atoms with Gasteiger partial charge >= 0.3 is 0 Å². The summed E-state index contributed by atoms with van der Waals surface area (Å²) in [6.45, 7) is 6.67. The third kappa shape index (κ3) is 3.63. The first kappa shape index (κ1) is 21.7. The van der Waals surface area contributed by atoms with Gasteiger partial charge in [-0.2, -0.15) is 0 Å². The molecule has 6 rings (SSSR count). The predicted octanol–water partition coefficient (Wildman–Crippen LogP) is 5.70. The first-order valence-electron chi connectivity index (χ1n) is 11.7. The molecule has 2 aromatic heterocycles. The van der Waals surface area contributed by atoms with Crippen LogP contribution in [0.2, 0.25) is 0 Å². The topological polar surface area (TPSA) is 51.6 Å². The fourth-order valence-electron chi connectivity index (χ4n) is 5.16. The number of aromatic nitrogens is 2. The van der Waals surface area contributed by atoms with E-state index in [4.69, 9.17) is 21.7 Å². The fraction of sp³-hybridized carbons (Fsp3) is 0.214. The summed E-state index contributed by atoms with van der Waals surface area (Å²) in [5.74, 6) is 1.48. The van der Waals surface area contributed by atoms with Gasteiger partial charge in [-0.3, -0.25) is 4.98 Å². The maximum Gasteiger partial charge on any atom is 0.231 e. The number of pyridine rings is 1. The maximum absolute atomic E-state index is 5.90. The molecule has 6 nitrogen and oxygen atoms in total. The van der Waals surface area contributed by atoms with E-state index in [-0.39, 0.29) is 18.9 Å². The molecular weight excluding hydrogens is 456 g/mol. The molecule has 7 heteroatoms. The molecule has 1 fully saturated rings. The minimum Gasteiger partial charge on any atom is -0.454 e. The number of ether oxygens (including phenoxy) is 2. The summed E-state index contributed by atoms with van der Waals surface area (Å²) in [5, 5.41) is 4.21. The molecule has 0 saturated carbocycles. The minimum absolute atomic E-state index is 0.0943. The van der Waals surface area contributed by atoms with Crippen LogP contribution < -0.4 is 19.7 Å². The summed E-state index contributed by atoms with van der Waals surface area (Å²) >= 11 is 5.90. The summed E-state index contributed by atoms with van der Waals surface area (Å²) in [7, 11) is 0. The lowest BCUT2D eigenvalue weighted by Gasteiger charge is -2.28. The fourth-order valence-corrected chi connectivity index (χ4v) is 5.51. The highest BCUT2D eigenvalue weighted by molar-refractivity contribution is 7.80. The monoisotopic (exact) mass is 482 g/mol. The summed E-state index contributed by atoms with van der Waals surface area (Å²) in [5.41, 5.74) is 7.83. The van der Waals surface area contributed by atoms with Crippen molar-refractivity contribution in [1.82, 2.24) is 14.9 Å². The summed E-state index contributed by atoms with van der Waals surface area (Å²) in [6.07, 6.45) is 1.83. The van der Waals surface area contributed by atoms with Crippen LogP contribution in [0.25, 0.3) is 5.69 Å². The molecule has 0 spiro atoms. The zero-order valence-corrected chi connectivity index (χ0v) is 20.7. The van der Waals surface area contributed by atoms with Crippen LogP contribution in [0.3, 0.4) is 0 Å². The summed E-state index contributed by atoms with van der Waals surface area (Å²) < 4.78 is 13.5. The van der Waals surface area contributed by atoms with Crippen LogP contribution in [-0.4, -0.2) is 21.5 Å². The second-order valence-electron chi connectivity index (χ2n) is 9.03. The third-order valence-corrected chi connectivity index (χ3v) is 7.13. The number of thiocarbonyl (C=S) groups is 1. The first-order valence-corrected chi connectivity index (χ1v) is 12.1. The van der Waals surface area contributed by atoms with Gasteiger partial charge in [-0.25, -0.2) is 0 Å². The Hall–Kier alpha value is -3.84. The van der Waals surface area contributed by atoms with E-state index in [1.54, 1.807) is 0 Å². The van der Waals surface area contributed by atoms with Crippen LogP contribution in [0.4, 0.5) is 5.69 Å². The second kappa shape index (κ2) is 8.43. The summed E-state index contributed by atoms with van der Waals surface area (Å²) in [6, 6.07) is 22.7. The standard InChI is InChI=1S/C28H26N4O2S/c1-17-7-9-20(10-8-17)31-18(2)14-22(19(31)3)27-26(23-6-4-5-13-29-23)30-28(35)32(27)21-11-12-24-25(15-21)34-16-33-24/h4-15,26-27H,16H2,1-3H3,(H,30,35)/t26-,27+/m1/s1. The number of nitrogens with zero attached hydrogens (tertiary/aromatic N) is 3. The lowest BCUT2D eigenvalue weighted by atomic mass is 9.96. The first-order chi connectivity index (χ1) is 17.0. The zero-order chi connectivity index (χ0) is 24.1. The highest BCUT2D eigenvalue weighted by Crippen LogP contribution is 2.46. The second-order valence-corrected chi connectivity index (χ2v) is 9.42. The van der Waals surface area contributed by atoms with Crippen molar-refractivity contribution in [3.05, 3.63) is 101 Å². The minimum atomic E-state index is -0.110. The van der Waals surface area contributed by atoms with E-state index >= 15 is 0 Å². The van der Waals surface area contributed by atoms with Crippen molar-refractivity contribution >= 4 is 23.0 Å². The van der Waals surface area contributed by atoms with E-state index in [9.17, 15) is 0 Å². The Kier molecular flexibility index (Phi) is 5.22. The van der Waals surface area contributed by atoms with Gasteiger partial charge in [0.2, 0.25) is 6.79 Å². The maximum atomic E-state index is 5.90. The van der Waals surface area contributed by atoms with Crippen molar-refractivity contribution in [2.75, 3.05) is 11.7 Å². The van der Waals surface area contributed by atoms with Crippen LogP contribution in [-0.2, 0) is 0 Å². The van der Waals surface area contributed by atoms with Gasteiger partial charge in [0.25, 0.3) is 0 Å². The quantitative estimate of drug-likeness (QED) is 0.377. The Bertz CT molecular complexity index is 1420. The highest BCUT2D eigenvalue weighted by Gasteiger charge is 2.42. The molecule has 0 aliphatic carbocycles. The van der Waals surface area contributed by atoms with E-state index in [0.29, 0.717) is 5.11 Å². The van der Waals surface area contributed by atoms with Crippen LogP contribution in [0, 0.1) is 20.8 Å². The zero-order valence-electron chi connectivity index (χ0n) is 19.9. The van der Waals surface area contributed by atoms with Crippen molar-refractivity contribution in [1.29, 1.82) is 0 Å². The van der Waals surface area contributed by atoms with E-state index in [0.717, 1.165) is 28.6 Å². The molecule has 176 valence electrons. The van der Waals surface area contributed by atoms with E-state index < -0.39 is 0 Å². The number of nitrogens with one attached hydrogen (secondary N) is 1. The Morgan fingerprint density at radius 3 is 2.46 bits per heavy atom. The van der Waals surface area contributed by atoms with E-state index in [1.807, 2.05) is 36.5 Å². The van der Waals surface area contributed by atoms with E-state index in [1.165, 1.54) is 22.5 Å². The molecular formula is C28H26N4O2S. The molecule has 1 saturated heterocycles. The van der Waals surface area contributed by atoms with Crippen LogP contribution in [0.1, 0.15) is 40.3 Å². The molecule has 0 unspecified atom stereocenters. The van der Waals surface area contributed by atoms with Gasteiger partial charge in [0.15, 0.2) is 16.6 Å². The molecule has 2 aliphatic rings. The van der Waals surface area contributed by atoms with E-state index in [2.05, 4.69) is 76.9 Å². The Morgan fingerprint density at radius 2 is 1.69 bits per heavy atom.